The average Bonchev–Trinajstić information content (AvgIpc) is 2.85. The Hall–Kier alpha value is -2.27. The minimum absolute atomic E-state index is 0.0545. The van der Waals surface area contributed by atoms with E-state index in [9.17, 15) is 9.90 Å². The van der Waals surface area contributed by atoms with Crippen molar-refractivity contribution in [3.05, 3.63) is 64.3 Å². The summed E-state index contributed by atoms with van der Waals surface area (Å²) in [5, 5.41) is 9.96. The summed E-state index contributed by atoms with van der Waals surface area (Å²) in [5.41, 5.74) is 0.693. The number of carboxylic acids is 1. The van der Waals surface area contributed by atoms with Crippen LogP contribution in [-0.4, -0.2) is 11.1 Å². The molecule has 0 saturated carbocycles. The first-order chi connectivity index (χ1) is 10.2. The van der Waals surface area contributed by atoms with Gasteiger partial charge < -0.3 is 14.3 Å². The standard InChI is InChI=1S/C16H11BrO4/c17-11-6-2-4-8-13(11)20-9-14-15(16(18)19)10-5-1-3-7-12(10)21-14/h1-8H,9H2,(H,18,19). The molecule has 0 aliphatic heterocycles. The maximum absolute atomic E-state index is 11.5. The van der Waals surface area contributed by atoms with Gasteiger partial charge in [0.05, 0.1) is 4.47 Å². The lowest BCUT2D eigenvalue weighted by Crippen LogP contribution is -2.03. The summed E-state index contributed by atoms with van der Waals surface area (Å²) in [4.78, 5) is 11.5. The smallest absolute Gasteiger partial charge is 0.340 e. The van der Waals surface area contributed by atoms with Crippen LogP contribution in [0.4, 0.5) is 0 Å². The summed E-state index contributed by atoms with van der Waals surface area (Å²) < 4.78 is 12.0. The lowest BCUT2D eigenvalue weighted by Gasteiger charge is -2.06. The van der Waals surface area contributed by atoms with Crippen molar-refractivity contribution in [2.75, 3.05) is 0 Å². The van der Waals surface area contributed by atoms with E-state index >= 15 is 0 Å². The molecule has 0 spiro atoms. The molecular weight excluding hydrogens is 336 g/mol. The number of fused-ring (bicyclic) bond motifs is 1. The predicted octanol–water partition coefficient (Wildman–Crippen LogP) is 4.47. The summed E-state index contributed by atoms with van der Waals surface area (Å²) in [6, 6.07) is 14.4. The lowest BCUT2D eigenvalue weighted by atomic mass is 10.1. The Bertz CT molecular complexity index is 807. The number of carboxylic acid groups (broad SMARTS) is 1. The minimum atomic E-state index is -1.02. The van der Waals surface area contributed by atoms with Crippen LogP contribution >= 0.6 is 15.9 Å². The van der Waals surface area contributed by atoms with Crippen LogP contribution in [0.1, 0.15) is 16.1 Å². The Morgan fingerprint density at radius 3 is 2.62 bits per heavy atom. The fraction of sp³-hybridized carbons (Fsp3) is 0.0625. The number of para-hydroxylation sites is 2. The molecule has 5 heteroatoms. The first kappa shape index (κ1) is 13.7. The van der Waals surface area contributed by atoms with Gasteiger partial charge in [-0.15, -0.1) is 0 Å². The van der Waals surface area contributed by atoms with Crippen molar-refractivity contribution in [2.45, 2.75) is 6.61 Å². The first-order valence-corrected chi connectivity index (χ1v) is 7.07. The number of furan rings is 1. The van der Waals surface area contributed by atoms with Crippen molar-refractivity contribution >= 4 is 32.9 Å². The number of ether oxygens (including phenoxy) is 1. The van der Waals surface area contributed by atoms with Crippen LogP contribution < -0.4 is 4.74 Å². The van der Waals surface area contributed by atoms with E-state index in [2.05, 4.69) is 15.9 Å². The fourth-order valence-corrected chi connectivity index (χ4v) is 2.54. The van der Waals surface area contributed by atoms with Gasteiger partial charge in [-0.25, -0.2) is 4.79 Å². The predicted molar refractivity (Wildman–Crippen MR) is 81.6 cm³/mol. The molecule has 1 aromatic heterocycles. The van der Waals surface area contributed by atoms with Crippen molar-refractivity contribution in [1.29, 1.82) is 0 Å². The van der Waals surface area contributed by atoms with Gasteiger partial charge in [0.15, 0.2) is 5.76 Å². The van der Waals surface area contributed by atoms with E-state index in [-0.39, 0.29) is 12.2 Å². The van der Waals surface area contributed by atoms with Gasteiger partial charge in [0.1, 0.15) is 23.5 Å². The van der Waals surface area contributed by atoms with E-state index in [4.69, 9.17) is 9.15 Å². The van der Waals surface area contributed by atoms with E-state index in [1.54, 1.807) is 30.3 Å². The SMILES string of the molecule is O=C(O)c1c(COc2ccccc2Br)oc2ccccc12. The minimum Gasteiger partial charge on any atom is -0.484 e. The van der Waals surface area contributed by atoms with Crippen molar-refractivity contribution in [3.8, 4) is 5.75 Å². The Labute approximate surface area is 129 Å². The second-order valence-corrected chi connectivity index (χ2v) is 5.27. The second-order valence-electron chi connectivity index (χ2n) is 4.42. The molecule has 3 aromatic rings. The Morgan fingerprint density at radius 2 is 1.86 bits per heavy atom. The molecule has 0 aliphatic rings. The molecule has 0 atom stereocenters. The molecule has 2 aromatic carbocycles. The Kier molecular flexibility index (Phi) is 3.66. The van der Waals surface area contributed by atoms with Crippen LogP contribution in [0.15, 0.2) is 57.4 Å². The highest BCUT2D eigenvalue weighted by Gasteiger charge is 2.20. The molecule has 1 N–H and O–H groups in total. The molecule has 0 unspecified atom stereocenters. The summed E-state index contributed by atoms with van der Waals surface area (Å²) in [5.74, 6) is -0.0839. The van der Waals surface area contributed by atoms with Crippen LogP contribution in [0, 0.1) is 0 Å². The van der Waals surface area contributed by atoms with Gasteiger partial charge in [-0.3, -0.25) is 0 Å². The van der Waals surface area contributed by atoms with Crippen LogP contribution in [-0.2, 0) is 6.61 Å². The maximum Gasteiger partial charge on any atom is 0.340 e. The molecule has 0 saturated heterocycles. The third-order valence-electron chi connectivity index (χ3n) is 3.08. The normalized spacial score (nSPS) is 10.7. The molecule has 4 nitrogen and oxygen atoms in total. The highest BCUT2D eigenvalue weighted by molar-refractivity contribution is 9.10. The van der Waals surface area contributed by atoms with E-state index in [1.807, 2.05) is 18.2 Å². The van der Waals surface area contributed by atoms with E-state index in [0.29, 0.717) is 22.5 Å². The first-order valence-electron chi connectivity index (χ1n) is 6.28. The summed E-state index contributed by atoms with van der Waals surface area (Å²) in [6.07, 6.45) is 0. The molecule has 0 bridgehead atoms. The van der Waals surface area contributed by atoms with Gasteiger partial charge >= 0.3 is 5.97 Å². The Balaban J connectivity index is 1.95. The molecule has 21 heavy (non-hydrogen) atoms. The van der Waals surface area contributed by atoms with E-state index in [0.717, 1.165) is 4.47 Å². The zero-order chi connectivity index (χ0) is 14.8. The van der Waals surface area contributed by atoms with Gasteiger partial charge in [0.25, 0.3) is 0 Å². The zero-order valence-corrected chi connectivity index (χ0v) is 12.5. The number of benzene rings is 2. The molecular formula is C16H11BrO4. The van der Waals surface area contributed by atoms with E-state index < -0.39 is 5.97 Å². The fourth-order valence-electron chi connectivity index (χ4n) is 2.14. The summed E-state index contributed by atoms with van der Waals surface area (Å²) in [7, 11) is 0. The molecule has 0 aliphatic carbocycles. The van der Waals surface area contributed by atoms with Gasteiger partial charge in [0, 0.05) is 5.39 Å². The molecule has 0 amide bonds. The maximum atomic E-state index is 11.5. The number of halogens is 1. The van der Waals surface area contributed by atoms with Crippen molar-refractivity contribution in [1.82, 2.24) is 0 Å². The highest BCUT2D eigenvalue weighted by Crippen LogP contribution is 2.29. The number of aromatic carboxylic acids is 1. The molecule has 106 valence electrons. The van der Waals surface area contributed by atoms with Crippen LogP contribution in [0.3, 0.4) is 0 Å². The molecule has 3 rings (SSSR count). The number of hydrogen-bond acceptors (Lipinski definition) is 3. The molecule has 0 fully saturated rings. The zero-order valence-electron chi connectivity index (χ0n) is 10.9. The molecule has 1 heterocycles. The van der Waals surface area contributed by atoms with Gasteiger partial charge in [-0.05, 0) is 34.1 Å². The highest BCUT2D eigenvalue weighted by atomic mass is 79.9. The largest absolute Gasteiger partial charge is 0.484 e. The van der Waals surface area contributed by atoms with Crippen LogP contribution in [0.25, 0.3) is 11.0 Å². The van der Waals surface area contributed by atoms with Gasteiger partial charge in [0.2, 0.25) is 0 Å². The van der Waals surface area contributed by atoms with Crippen LogP contribution in [0.2, 0.25) is 0 Å². The summed E-state index contributed by atoms with van der Waals surface area (Å²) >= 11 is 3.38. The Morgan fingerprint density at radius 1 is 1.14 bits per heavy atom. The van der Waals surface area contributed by atoms with E-state index in [1.165, 1.54) is 0 Å². The molecule has 0 radical (unpaired) electrons. The van der Waals surface area contributed by atoms with Crippen LogP contribution in [0.5, 0.6) is 5.75 Å². The number of hydrogen-bond donors (Lipinski definition) is 1. The number of carbonyl (C=O) groups is 1. The van der Waals surface area contributed by atoms with Gasteiger partial charge in [-0.2, -0.15) is 0 Å². The van der Waals surface area contributed by atoms with Gasteiger partial charge in [-0.1, -0.05) is 30.3 Å². The third-order valence-corrected chi connectivity index (χ3v) is 3.73. The lowest BCUT2D eigenvalue weighted by molar-refractivity contribution is 0.0693. The summed E-state index contributed by atoms with van der Waals surface area (Å²) in [6.45, 7) is 0.0545. The second kappa shape index (κ2) is 5.61. The average molecular weight is 347 g/mol. The van der Waals surface area contributed by atoms with Crippen molar-refractivity contribution in [2.24, 2.45) is 0 Å². The number of rotatable bonds is 4. The van der Waals surface area contributed by atoms with Crippen molar-refractivity contribution in [3.63, 3.8) is 0 Å². The van der Waals surface area contributed by atoms with Crippen molar-refractivity contribution < 1.29 is 19.1 Å². The third kappa shape index (κ3) is 2.64. The monoisotopic (exact) mass is 346 g/mol. The topological polar surface area (TPSA) is 59.7 Å². The quantitative estimate of drug-likeness (QED) is 0.756.